The Balaban J connectivity index is 0.000000332. The van der Waals surface area contributed by atoms with E-state index >= 15 is 0 Å². The SMILES string of the molecule is Cc1c(CCO)sc[n+]1CC(=O)c1cccs1.Cc1sc[n+](CC(=O)N2CCSCC2)c1C.[Br-].[Br-]. The number of aliphatic hydroxyl groups excluding tert-OH is 1. The number of aromatic nitrogens is 2. The van der Waals surface area contributed by atoms with Gasteiger partial charge in [0.25, 0.3) is 5.91 Å². The van der Waals surface area contributed by atoms with E-state index in [2.05, 4.69) is 18.4 Å². The molecule has 1 saturated heterocycles. The lowest BCUT2D eigenvalue weighted by Crippen LogP contribution is -3.00. The number of thiazole rings is 2. The first-order valence-corrected chi connectivity index (χ1v) is 14.6. The van der Waals surface area contributed by atoms with E-state index in [1.165, 1.54) is 21.9 Å². The Morgan fingerprint density at radius 2 is 1.63 bits per heavy atom. The van der Waals surface area contributed by atoms with Crippen LogP contribution >= 0.6 is 45.8 Å². The molecule has 1 aliphatic heterocycles. The topological polar surface area (TPSA) is 65.4 Å². The molecule has 0 atom stereocenters. The maximum Gasteiger partial charge on any atom is 0.288 e. The van der Waals surface area contributed by atoms with E-state index in [1.807, 2.05) is 56.7 Å². The van der Waals surface area contributed by atoms with E-state index in [0.717, 1.165) is 40.0 Å². The summed E-state index contributed by atoms with van der Waals surface area (Å²) in [5.41, 5.74) is 6.28. The predicted octanol–water partition coefficient (Wildman–Crippen LogP) is -2.94. The van der Waals surface area contributed by atoms with Crippen LogP contribution in [0.3, 0.4) is 0 Å². The molecule has 35 heavy (non-hydrogen) atoms. The minimum atomic E-state index is 0. The molecule has 0 bridgehead atoms. The summed E-state index contributed by atoms with van der Waals surface area (Å²) in [7, 11) is 0. The molecule has 12 heteroatoms. The fraction of sp³-hybridized carbons (Fsp3) is 0.478. The van der Waals surface area contributed by atoms with Gasteiger partial charge in [-0.2, -0.15) is 20.9 Å². The summed E-state index contributed by atoms with van der Waals surface area (Å²) in [6.45, 7) is 9.01. The molecule has 0 aliphatic carbocycles. The molecule has 0 saturated carbocycles. The standard InChI is InChI=1S/C12H14NO2S2.C11H17N2OS2.2BrH/c1-9-11(4-5-14)17-8-13(9)7-10(15)12-3-2-6-16-12;1-9-10(2)16-8-13(9)7-11(14)12-3-5-15-6-4-12;;/h2-3,6,8,14H,4-5,7H2,1H3;8H,3-7H2,1-2H3;2*1H/q2*+1;;/p-2. The number of aryl methyl sites for hydroxylation is 1. The van der Waals surface area contributed by atoms with Crippen molar-refractivity contribution in [3.8, 4) is 0 Å². The first kappa shape index (κ1) is 32.4. The number of nitrogens with zero attached hydrogens (tertiary/aromatic N) is 3. The summed E-state index contributed by atoms with van der Waals surface area (Å²) in [5.74, 6) is 2.56. The molecule has 0 aromatic carbocycles. The number of hydrogen-bond donors (Lipinski definition) is 1. The van der Waals surface area contributed by atoms with Crippen LogP contribution in [0, 0.1) is 20.8 Å². The first-order chi connectivity index (χ1) is 15.9. The highest BCUT2D eigenvalue weighted by atomic mass is 79.9. The summed E-state index contributed by atoms with van der Waals surface area (Å²) >= 11 is 6.71. The van der Waals surface area contributed by atoms with Crippen LogP contribution < -0.4 is 43.1 Å². The van der Waals surface area contributed by atoms with Crippen molar-refractivity contribution in [2.45, 2.75) is 40.3 Å². The Kier molecular flexibility index (Phi) is 15.1. The Bertz CT molecular complexity index is 1060. The number of thioether (sulfide) groups is 1. The van der Waals surface area contributed by atoms with Crippen LogP contribution in [-0.4, -0.2) is 52.9 Å². The van der Waals surface area contributed by atoms with Crippen molar-refractivity contribution in [1.82, 2.24) is 4.90 Å². The van der Waals surface area contributed by atoms with Crippen molar-refractivity contribution in [2.75, 3.05) is 31.2 Å². The largest absolute Gasteiger partial charge is 1.00 e. The summed E-state index contributed by atoms with van der Waals surface area (Å²) in [6, 6.07) is 3.74. The van der Waals surface area contributed by atoms with Gasteiger partial charge in [-0.3, -0.25) is 9.59 Å². The number of carbonyl (C=O) groups excluding carboxylic acids is 2. The highest BCUT2D eigenvalue weighted by Crippen LogP contribution is 2.14. The molecule has 194 valence electrons. The maximum absolute atomic E-state index is 12.0. The molecule has 1 aliphatic rings. The number of Topliss-reactive ketones (excluding diaryl/α,β-unsaturated/α-hetero) is 1. The van der Waals surface area contributed by atoms with Crippen molar-refractivity contribution in [3.05, 3.63) is 54.6 Å². The van der Waals surface area contributed by atoms with Gasteiger partial charge in [-0.05, 0) is 18.4 Å². The van der Waals surface area contributed by atoms with E-state index in [0.29, 0.717) is 19.5 Å². The van der Waals surface area contributed by atoms with Gasteiger partial charge < -0.3 is 44.0 Å². The van der Waals surface area contributed by atoms with Gasteiger partial charge in [0.05, 0.1) is 14.6 Å². The summed E-state index contributed by atoms with van der Waals surface area (Å²) in [4.78, 5) is 29.2. The molecule has 3 aromatic rings. The average Bonchev–Trinajstić information content (AvgIpc) is 3.55. The fourth-order valence-corrected chi connectivity index (χ4v) is 6.69. The van der Waals surface area contributed by atoms with Crippen LogP contribution in [-0.2, 0) is 24.3 Å². The number of thiophene rings is 1. The number of hydrogen-bond acceptors (Lipinski definition) is 7. The monoisotopic (exact) mass is 683 g/mol. The molecule has 0 spiro atoms. The van der Waals surface area contributed by atoms with E-state index in [1.54, 1.807) is 22.7 Å². The second kappa shape index (κ2) is 16.3. The van der Waals surface area contributed by atoms with Gasteiger partial charge in [0.1, 0.15) is 0 Å². The molecular weight excluding hydrogens is 654 g/mol. The number of rotatable bonds is 7. The second-order valence-corrected chi connectivity index (χ2v) is 11.9. The Morgan fingerprint density at radius 1 is 0.971 bits per heavy atom. The van der Waals surface area contributed by atoms with E-state index in [9.17, 15) is 9.59 Å². The van der Waals surface area contributed by atoms with Gasteiger partial charge in [0.2, 0.25) is 29.9 Å². The van der Waals surface area contributed by atoms with Crippen LogP contribution in [0.5, 0.6) is 0 Å². The third-order valence-corrected chi connectivity index (χ3v) is 9.58. The van der Waals surface area contributed by atoms with E-state index in [4.69, 9.17) is 5.11 Å². The van der Waals surface area contributed by atoms with E-state index in [-0.39, 0.29) is 52.3 Å². The molecule has 4 rings (SSSR count). The van der Waals surface area contributed by atoms with Crippen molar-refractivity contribution in [2.24, 2.45) is 0 Å². The highest BCUT2D eigenvalue weighted by Gasteiger charge is 2.23. The zero-order chi connectivity index (χ0) is 23.8. The minimum Gasteiger partial charge on any atom is -1.00 e. The number of halogens is 2. The Morgan fingerprint density at radius 3 is 2.20 bits per heavy atom. The quantitative estimate of drug-likeness (QED) is 0.214. The number of aliphatic hydroxyl groups is 1. The van der Waals surface area contributed by atoms with Gasteiger partial charge in [0.15, 0.2) is 11.4 Å². The molecule has 1 N–H and O–H groups in total. The lowest BCUT2D eigenvalue weighted by atomic mass is 10.3. The maximum atomic E-state index is 12.0. The highest BCUT2D eigenvalue weighted by molar-refractivity contribution is 7.99. The average molecular weight is 686 g/mol. The van der Waals surface area contributed by atoms with E-state index < -0.39 is 0 Å². The molecular formula is C23H31Br2N3O3S4. The van der Waals surface area contributed by atoms with Gasteiger partial charge in [-0.25, -0.2) is 0 Å². The van der Waals surface area contributed by atoms with Gasteiger partial charge in [-0.1, -0.05) is 28.7 Å². The van der Waals surface area contributed by atoms with Crippen molar-refractivity contribution in [1.29, 1.82) is 0 Å². The second-order valence-electron chi connectivity index (χ2n) is 7.72. The van der Waals surface area contributed by atoms with Crippen molar-refractivity contribution >= 4 is 57.5 Å². The molecule has 1 amide bonds. The lowest BCUT2D eigenvalue weighted by Gasteiger charge is -2.25. The van der Waals surface area contributed by atoms with Crippen LogP contribution in [0.25, 0.3) is 0 Å². The zero-order valence-electron chi connectivity index (χ0n) is 20.0. The van der Waals surface area contributed by atoms with Crippen LogP contribution in [0.15, 0.2) is 28.5 Å². The Hall–Kier alpha value is -0.630. The number of carbonyl (C=O) groups is 2. The molecule has 0 unspecified atom stereocenters. The number of ketones is 1. The third kappa shape index (κ3) is 9.32. The number of amides is 1. The smallest absolute Gasteiger partial charge is 0.288 e. The fourth-order valence-electron chi connectivity index (χ4n) is 3.34. The first-order valence-electron chi connectivity index (χ1n) is 10.8. The van der Waals surface area contributed by atoms with Gasteiger partial charge in [0, 0.05) is 51.5 Å². The molecule has 3 aromatic heterocycles. The molecule has 0 radical (unpaired) electrons. The van der Waals surface area contributed by atoms with Gasteiger partial charge in [-0.15, -0.1) is 11.3 Å². The summed E-state index contributed by atoms with van der Waals surface area (Å²) in [5, 5.41) is 10.8. The van der Waals surface area contributed by atoms with Crippen molar-refractivity contribution in [3.63, 3.8) is 0 Å². The van der Waals surface area contributed by atoms with Crippen LogP contribution in [0.4, 0.5) is 0 Å². The molecule has 4 heterocycles. The Labute approximate surface area is 244 Å². The molecule has 1 fully saturated rings. The van der Waals surface area contributed by atoms with Gasteiger partial charge >= 0.3 is 0 Å². The van der Waals surface area contributed by atoms with Crippen molar-refractivity contribution < 1.29 is 57.8 Å². The zero-order valence-corrected chi connectivity index (χ0v) is 26.5. The predicted molar refractivity (Wildman–Crippen MR) is 137 cm³/mol. The lowest BCUT2D eigenvalue weighted by molar-refractivity contribution is -0.686. The molecule has 6 nitrogen and oxygen atoms in total. The van der Waals surface area contributed by atoms with Crippen LogP contribution in [0.2, 0.25) is 0 Å². The summed E-state index contributed by atoms with van der Waals surface area (Å²) in [6.07, 6.45) is 0.663. The summed E-state index contributed by atoms with van der Waals surface area (Å²) < 4.78 is 4.02. The van der Waals surface area contributed by atoms with Crippen LogP contribution in [0.1, 0.15) is 30.8 Å². The normalized spacial score (nSPS) is 12.7. The third-order valence-electron chi connectivity index (χ3n) is 5.57. The minimum absolute atomic E-state index is 0.